The lowest BCUT2D eigenvalue weighted by molar-refractivity contribution is 0.486. The molecule has 1 heterocycles. The summed E-state index contributed by atoms with van der Waals surface area (Å²) < 4.78 is 6.83. The summed E-state index contributed by atoms with van der Waals surface area (Å²) in [7, 11) is 0. The number of fused-ring (bicyclic) bond motifs is 1. The fraction of sp³-hybridized carbons (Fsp3) is 0.0714. The van der Waals surface area contributed by atoms with Gasteiger partial charge in [-0.1, -0.05) is 17.7 Å². The van der Waals surface area contributed by atoms with Crippen molar-refractivity contribution in [2.45, 2.75) is 6.92 Å². The van der Waals surface area contributed by atoms with E-state index in [0.717, 1.165) is 15.2 Å². The second-order valence-corrected chi connectivity index (χ2v) is 5.82. The number of nitrogen functional groups attached to an aromatic ring is 1. The Morgan fingerprint density at radius 3 is 2.89 bits per heavy atom. The first-order chi connectivity index (χ1) is 9.11. The van der Waals surface area contributed by atoms with Crippen molar-refractivity contribution in [3.8, 4) is 11.5 Å². The number of ether oxygens (including phenoxy) is 1. The molecule has 0 bridgehead atoms. The number of aryl methyl sites for hydroxylation is 1. The van der Waals surface area contributed by atoms with Crippen molar-refractivity contribution in [3.05, 3.63) is 46.4 Å². The third-order valence-electron chi connectivity index (χ3n) is 2.65. The van der Waals surface area contributed by atoms with Gasteiger partial charge in [-0.3, -0.25) is 0 Å². The van der Waals surface area contributed by atoms with Crippen LogP contribution in [0.2, 0.25) is 5.02 Å². The van der Waals surface area contributed by atoms with E-state index in [1.165, 1.54) is 0 Å². The lowest BCUT2D eigenvalue weighted by Gasteiger charge is -2.08. The standard InChI is InChI=1S/C14H11ClN2OS/c1-8-17-12-7-13(11(16)6-14(12)19-8)18-10-4-2-3-9(15)5-10/h2-7H,16H2,1H3. The Morgan fingerprint density at radius 1 is 1.26 bits per heavy atom. The monoisotopic (exact) mass is 290 g/mol. The van der Waals surface area contributed by atoms with Gasteiger partial charge in [-0.2, -0.15) is 0 Å². The highest BCUT2D eigenvalue weighted by molar-refractivity contribution is 7.18. The van der Waals surface area contributed by atoms with Gasteiger partial charge < -0.3 is 10.5 Å². The second-order valence-electron chi connectivity index (χ2n) is 4.15. The van der Waals surface area contributed by atoms with Crippen LogP contribution in [0.3, 0.4) is 0 Å². The molecule has 0 saturated carbocycles. The van der Waals surface area contributed by atoms with E-state index < -0.39 is 0 Å². The van der Waals surface area contributed by atoms with Crippen LogP contribution in [0.25, 0.3) is 10.2 Å². The molecule has 1 aromatic heterocycles. The Balaban J connectivity index is 2.02. The first-order valence-electron chi connectivity index (χ1n) is 5.72. The molecular formula is C14H11ClN2OS. The van der Waals surface area contributed by atoms with E-state index in [9.17, 15) is 0 Å². The lowest BCUT2D eigenvalue weighted by Crippen LogP contribution is -1.92. The van der Waals surface area contributed by atoms with Gasteiger partial charge in [-0.15, -0.1) is 11.3 Å². The van der Waals surface area contributed by atoms with Gasteiger partial charge in [-0.25, -0.2) is 4.98 Å². The van der Waals surface area contributed by atoms with E-state index in [-0.39, 0.29) is 0 Å². The summed E-state index contributed by atoms with van der Waals surface area (Å²) in [5, 5.41) is 1.64. The van der Waals surface area contributed by atoms with Crippen LogP contribution < -0.4 is 10.5 Å². The zero-order valence-electron chi connectivity index (χ0n) is 10.2. The minimum atomic E-state index is 0.594. The number of hydrogen-bond donors (Lipinski definition) is 1. The SMILES string of the molecule is Cc1nc2cc(Oc3cccc(Cl)c3)c(N)cc2s1. The van der Waals surface area contributed by atoms with Crippen molar-refractivity contribution in [2.24, 2.45) is 0 Å². The number of hydrogen-bond acceptors (Lipinski definition) is 4. The highest BCUT2D eigenvalue weighted by Gasteiger charge is 2.08. The number of nitrogens with zero attached hydrogens (tertiary/aromatic N) is 1. The van der Waals surface area contributed by atoms with Gasteiger partial charge >= 0.3 is 0 Å². The summed E-state index contributed by atoms with van der Waals surface area (Å²) in [6, 6.07) is 11.0. The predicted molar refractivity (Wildman–Crippen MR) is 80.3 cm³/mol. The van der Waals surface area contributed by atoms with E-state index in [2.05, 4.69) is 4.98 Å². The molecule has 3 rings (SSSR count). The number of nitrogens with two attached hydrogens (primary N) is 1. The molecule has 0 atom stereocenters. The molecule has 0 radical (unpaired) electrons. The van der Waals surface area contributed by atoms with Crippen LogP contribution >= 0.6 is 22.9 Å². The third kappa shape index (κ3) is 2.50. The Bertz CT molecular complexity index is 754. The molecule has 0 unspecified atom stereocenters. The Hall–Kier alpha value is -1.78. The van der Waals surface area contributed by atoms with Crippen LogP contribution in [0.15, 0.2) is 36.4 Å². The molecule has 96 valence electrons. The summed E-state index contributed by atoms with van der Waals surface area (Å²) in [5.74, 6) is 1.26. The van der Waals surface area contributed by atoms with Crippen molar-refractivity contribution in [1.29, 1.82) is 0 Å². The summed E-state index contributed by atoms with van der Waals surface area (Å²) in [6.07, 6.45) is 0. The minimum absolute atomic E-state index is 0.594. The van der Waals surface area contributed by atoms with Gasteiger partial charge in [0.05, 0.1) is 20.9 Å². The molecule has 2 N–H and O–H groups in total. The number of aromatic nitrogens is 1. The molecule has 0 fully saturated rings. The van der Waals surface area contributed by atoms with Crippen LogP contribution in [0.4, 0.5) is 5.69 Å². The van der Waals surface area contributed by atoms with Crippen molar-refractivity contribution < 1.29 is 4.74 Å². The Kier molecular flexibility index (Phi) is 3.05. The van der Waals surface area contributed by atoms with Crippen molar-refractivity contribution in [2.75, 3.05) is 5.73 Å². The van der Waals surface area contributed by atoms with E-state index in [1.807, 2.05) is 31.2 Å². The smallest absolute Gasteiger partial charge is 0.152 e. The number of rotatable bonds is 2. The average molecular weight is 291 g/mol. The molecule has 5 heteroatoms. The largest absolute Gasteiger partial charge is 0.455 e. The fourth-order valence-corrected chi connectivity index (χ4v) is 2.87. The third-order valence-corrected chi connectivity index (χ3v) is 3.82. The molecule has 0 aliphatic carbocycles. The van der Waals surface area contributed by atoms with Gasteiger partial charge in [-0.05, 0) is 31.2 Å². The summed E-state index contributed by atoms with van der Waals surface area (Å²) in [6.45, 7) is 1.97. The van der Waals surface area contributed by atoms with Crippen LogP contribution in [0.5, 0.6) is 11.5 Å². The quantitative estimate of drug-likeness (QED) is 0.700. The van der Waals surface area contributed by atoms with E-state index >= 15 is 0 Å². The fourth-order valence-electron chi connectivity index (χ4n) is 1.83. The number of anilines is 1. The summed E-state index contributed by atoms with van der Waals surface area (Å²) in [4.78, 5) is 4.43. The van der Waals surface area contributed by atoms with Gasteiger partial charge in [0.15, 0.2) is 5.75 Å². The molecular weight excluding hydrogens is 280 g/mol. The van der Waals surface area contributed by atoms with Gasteiger partial charge in [0, 0.05) is 11.1 Å². The molecule has 0 aliphatic rings. The molecule has 2 aromatic carbocycles. The van der Waals surface area contributed by atoms with Crippen LogP contribution in [0, 0.1) is 6.92 Å². The second kappa shape index (κ2) is 4.72. The molecule has 3 nitrogen and oxygen atoms in total. The van der Waals surface area contributed by atoms with E-state index in [1.54, 1.807) is 23.5 Å². The molecule has 0 aliphatic heterocycles. The number of halogens is 1. The van der Waals surface area contributed by atoms with Crippen LogP contribution in [-0.4, -0.2) is 4.98 Å². The molecule has 0 amide bonds. The first-order valence-corrected chi connectivity index (χ1v) is 6.91. The highest BCUT2D eigenvalue weighted by Crippen LogP contribution is 2.34. The first kappa shape index (κ1) is 12.3. The Labute approximate surface area is 119 Å². The maximum atomic E-state index is 6.00. The topological polar surface area (TPSA) is 48.1 Å². The van der Waals surface area contributed by atoms with E-state index in [4.69, 9.17) is 22.1 Å². The van der Waals surface area contributed by atoms with Crippen molar-refractivity contribution in [1.82, 2.24) is 4.98 Å². The van der Waals surface area contributed by atoms with Gasteiger partial charge in [0.1, 0.15) is 5.75 Å². The zero-order chi connectivity index (χ0) is 13.4. The van der Waals surface area contributed by atoms with Gasteiger partial charge in [0.2, 0.25) is 0 Å². The predicted octanol–water partition coefficient (Wildman–Crippen LogP) is 4.63. The summed E-state index contributed by atoms with van der Waals surface area (Å²) in [5.41, 5.74) is 7.49. The number of thiazole rings is 1. The lowest BCUT2D eigenvalue weighted by atomic mass is 10.2. The van der Waals surface area contributed by atoms with Crippen molar-refractivity contribution >= 4 is 38.8 Å². The molecule has 0 spiro atoms. The van der Waals surface area contributed by atoms with E-state index in [0.29, 0.717) is 22.2 Å². The molecule has 19 heavy (non-hydrogen) atoms. The summed E-state index contributed by atoms with van der Waals surface area (Å²) >= 11 is 7.54. The van der Waals surface area contributed by atoms with Crippen molar-refractivity contribution in [3.63, 3.8) is 0 Å². The maximum Gasteiger partial charge on any atom is 0.152 e. The number of benzene rings is 2. The highest BCUT2D eigenvalue weighted by atomic mass is 35.5. The molecule has 0 saturated heterocycles. The minimum Gasteiger partial charge on any atom is -0.455 e. The molecule has 3 aromatic rings. The maximum absolute atomic E-state index is 6.00. The average Bonchev–Trinajstić information content (AvgIpc) is 2.69. The van der Waals surface area contributed by atoms with Gasteiger partial charge in [0.25, 0.3) is 0 Å². The normalized spacial score (nSPS) is 10.8. The Morgan fingerprint density at radius 2 is 2.11 bits per heavy atom. The zero-order valence-corrected chi connectivity index (χ0v) is 11.8. The van der Waals surface area contributed by atoms with Crippen LogP contribution in [0.1, 0.15) is 5.01 Å². The van der Waals surface area contributed by atoms with Crippen LogP contribution in [-0.2, 0) is 0 Å².